The van der Waals surface area contributed by atoms with E-state index in [4.69, 9.17) is 28.9 Å². The van der Waals surface area contributed by atoms with Gasteiger partial charge in [0.2, 0.25) is 5.91 Å². The third-order valence-electron chi connectivity index (χ3n) is 1.67. The minimum atomic E-state index is -3.03. The molecule has 4 nitrogen and oxygen atoms in total. The summed E-state index contributed by atoms with van der Waals surface area (Å²) in [5, 5.41) is 2.11. The minimum absolute atomic E-state index is 0.134. The second-order valence-corrected chi connectivity index (χ2v) is 3.71. The zero-order valence-electron chi connectivity index (χ0n) is 8.34. The number of carbonyl (C=O) groups excluding carboxylic acids is 1. The molecule has 0 aliphatic carbocycles. The average molecular weight is 285 g/mol. The van der Waals surface area contributed by atoms with Crippen LogP contribution in [-0.4, -0.2) is 19.1 Å². The van der Waals surface area contributed by atoms with Crippen molar-refractivity contribution in [3.05, 3.63) is 22.2 Å². The summed E-state index contributed by atoms with van der Waals surface area (Å²) >= 11 is 11.4. The minimum Gasteiger partial charge on any atom is -0.432 e. The second kappa shape index (κ2) is 6.00. The number of amides is 1. The summed E-state index contributed by atoms with van der Waals surface area (Å²) in [5.41, 5.74) is 5.34. The van der Waals surface area contributed by atoms with E-state index in [1.54, 1.807) is 0 Å². The summed E-state index contributed by atoms with van der Waals surface area (Å²) in [7, 11) is 0. The average Bonchev–Trinajstić information content (AvgIpc) is 2.23. The van der Waals surface area contributed by atoms with Crippen LogP contribution in [0.5, 0.6) is 5.75 Å². The van der Waals surface area contributed by atoms with Crippen LogP contribution in [0, 0.1) is 0 Å². The third kappa shape index (κ3) is 3.99. The summed E-state index contributed by atoms with van der Waals surface area (Å²) in [6.07, 6.45) is 0. The fourth-order valence-electron chi connectivity index (χ4n) is 1.05. The molecule has 0 saturated carbocycles. The van der Waals surface area contributed by atoms with Gasteiger partial charge in [0.15, 0.2) is 5.75 Å². The molecule has 94 valence electrons. The second-order valence-electron chi connectivity index (χ2n) is 2.90. The van der Waals surface area contributed by atoms with E-state index in [0.717, 1.165) is 0 Å². The van der Waals surface area contributed by atoms with Crippen LogP contribution in [0.15, 0.2) is 12.1 Å². The lowest BCUT2D eigenvalue weighted by Gasteiger charge is -2.11. The number of nitrogens with two attached hydrogens (primary N) is 1. The highest BCUT2D eigenvalue weighted by molar-refractivity contribution is 6.37. The number of nitrogens with one attached hydrogen (secondary N) is 1. The largest absolute Gasteiger partial charge is 0.432 e. The SMILES string of the molecule is NCC(=O)Nc1cc(Cl)c(OC(F)F)c(Cl)c1. The van der Waals surface area contributed by atoms with Crippen molar-refractivity contribution >= 4 is 34.8 Å². The highest BCUT2D eigenvalue weighted by Crippen LogP contribution is 2.36. The number of halogens is 4. The van der Waals surface area contributed by atoms with Gasteiger partial charge in [0.25, 0.3) is 0 Å². The maximum atomic E-state index is 12.0. The van der Waals surface area contributed by atoms with Crippen LogP contribution in [0.3, 0.4) is 0 Å². The Morgan fingerprint density at radius 3 is 2.35 bits per heavy atom. The molecular formula is C9H8Cl2F2N2O2. The summed E-state index contributed by atoms with van der Waals surface area (Å²) in [6, 6.07) is 2.47. The zero-order valence-corrected chi connectivity index (χ0v) is 9.86. The summed E-state index contributed by atoms with van der Waals surface area (Å²) in [5.74, 6) is -0.797. The first kappa shape index (κ1) is 14.0. The number of anilines is 1. The third-order valence-corrected chi connectivity index (χ3v) is 2.24. The molecule has 1 aromatic rings. The molecule has 0 fully saturated rings. The van der Waals surface area contributed by atoms with Crippen LogP contribution < -0.4 is 15.8 Å². The molecule has 1 rings (SSSR count). The van der Waals surface area contributed by atoms with Crippen LogP contribution in [0.4, 0.5) is 14.5 Å². The molecule has 1 amide bonds. The van der Waals surface area contributed by atoms with Crippen molar-refractivity contribution in [2.24, 2.45) is 5.73 Å². The molecule has 8 heteroatoms. The first-order valence-electron chi connectivity index (χ1n) is 4.37. The van der Waals surface area contributed by atoms with Crippen LogP contribution in [-0.2, 0) is 4.79 Å². The molecule has 0 spiro atoms. The predicted molar refractivity (Wildman–Crippen MR) is 60.8 cm³/mol. The number of ether oxygens (including phenoxy) is 1. The topological polar surface area (TPSA) is 64.4 Å². The van der Waals surface area contributed by atoms with E-state index in [1.165, 1.54) is 12.1 Å². The number of hydrogen-bond acceptors (Lipinski definition) is 3. The van der Waals surface area contributed by atoms with E-state index in [2.05, 4.69) is 10.1 Å². The molecule has 0 bridgehead atoms. The molecule has 0 aromatic heterocycles. The van der Waals surface area contributed by atoms with Gasteiger partial charge in [0.1, 0.15) is 0 Å². The number of carbonyl (C=O) groups is 1. The molecule has 0 aliphatic rings. The molecule has 0 aliphatic heterocycles. The Labute approximate surface area is 106 Å². The molecule has 0 atom stereocenters. The highest BCUT2D eigenvalue weighted by atomic mass is 35.5. The Morgan fingerprint density at radius 2 is 1.94 bits per heavy atom. The Bertz CT molecular complexity index is 406. The summed E-state index contributed by atoms with van der Waals surface area (Å²) in [4.78, 5) is 11.0. The molecular weight excluding hydrogens is 277 g/mol. The monoisotopic (exact) mass is 284 g/mol. The predicted octanol–water partition coefficient (Wildman–Crippen LogP) is 2.49. The zero-order chi connectivity index (χ0) is 13.0. The van der Waals surface area contributed by atoms with Crippen LogP contribution in [0.1, 0.15) is 0 Å². The lowest BCUT2D eigenvalue weighted by Crippen LogP contribution is -2.21. The number of rotatable bonds is 4. The van der Waals surface area contributed by atoms with Crippen molar-refractivity contribution in [1.82, 2.24) is 0 Å². The maximum Gasteiger partial charge on any atom is 0.387 e. The summed E-state index contributed by atoms with van der Waals surface area (Å²) in [6.45, 7) is -3.25. The normalized spacial score (nSPS) is 10.5. The van der Waals surface area contributed by atoms with Crippen molar-refractivity contribution < 1.29 is 18.3 Å². The van der Waals surface area contributed by atoms with Crippen LogP contribution >= 0.6 is 23.2 Å². The van der Waals surface area contributed by atoms with Gasteiger partial charge in [-0.15, -0.1) is 0 Å². The number of hydrogen-bond donors (Lipinski definition) is 2. The van der Waals surface area contributed by atoms with Gasteiger partial charge in [0.05, 0.1) is 16.6 Å². The van der Waals surface area contributed by atoms with Crippen molar-refractivity contribution in [3.63, 3.8) is 0 Å². The Hall–Kier alpha value is -1.11. The molecule has 0 radical (unpaired) electrons. The number of benzene rings is 1. The van der Waals surface area contributed by atoms with E-state index in [0.29, 0.717) is 0 Å². The quantitative estimate of drug-likeness (QED) is 0.893. The van der Waals surface area contributed by atoms with E-state index in [9.17, 15) is 13.6 Å². The van der Waals surface area contributed by atoms with E-state index < -0.39 is 12.5 Å². The Morgan fingerprint density at radius 1 is 1.41 bits per heavy atom. The van der Waals surface area contributed by atoms with Crippen molar-refractivity contribution in [2.45, 2.75) is 6.61 Å². The van der Waals surface area contributed by atoms with Gasteiger partial charge in [0, 0.05) is 5.69 Å². The van der Waals surface area contributed by atoms with E-state index in [-0.39, 0.29) is 28.0 Å². The van der Waals surface area contributed by atoms with Gasteiger partial charge in [-0.1, -0.05) is 23.2 Å². The first-order chi connectivity index (χ1) is 7.93. The van der Waals surface area contributed by atoms with E-state index in [1.807, 2.05) is 0 Å². The number of alkyl halides is 2. The molecule has 3 N–H and O–H groups in total. The van der Waals surface area contributed by atoms with Gasteiger partial charge in [-0.05, 0) is 12.1 Å². The molecule has 17 heavy (non-hydrogen) atoms. The molecule has 0 heterocycles. The fourth-order valence-corrected chi connectivity index (χ4v) is 1.62. The van der Waals surface area contributed by atoms with Gasteiger partial charge in [-0.25, -0.2) is 0 Å². The van der Waals surface area contributed by atoms with Crippen LogP contribution in [0.2, 0.25) is 10.0 Å². The van der Waals surface area contributed by atoms with Gasteiger partial charge in [-0.2, -0.15) is 8.78 Å². The van der Waals surface area contributed by atoms with Gasteiger partial charge >= 0.3 is 6.61 Å². The molecule has 1 aromatic carbocycles. The summed E-state index contributed by atoms with van der Waals surface area (Å²) < 4.78 is 28.2. The Balaban J connectivity index is 2.96. The lowest BCUT2D eigenvalue weighted by molar-refractivity contribution is -0.114. The van der Waals surface area contributed by atoms with Crippen molar-refractivity contribution in [3.8, 4) is 5.75 Å². The van der Waals surface area contributed by atoms with Gasteiger partial charge < -0.3 is 15.8 Å². The first-order valence-corrected chi connectivity index (χ1v) is 5.13. The maximum absolute atomic E-state index is 12.0. The lowest BCUT2D eigenvalue weighted by atomic mass is 10.3. The Kier molecular flexibility index (Phi) is 4.92. The van der Waals surface area contributed by atoms with Crippen molar-refractivity contribution in [2.75, 3.05) is 11.9 Å². The molecule has 0 unspecified atom stereocenters. The van der Waals surface area contributed by atoms with Crippen LogP contribution in [0.25, 0.3) is 0 Å². The van der Waals surface area contributed by atoms with Crippen molar-refractivity contribution in [1.29, 1.82) is 0 Å². The smallest absolute Gasteiger partial charge is 0.387 e. The standard InChI is InChI=1S/C9H8Cl2F2N2O2/c10-5-1-4(15-7(16)3-14)2-6(11)8(5)17-9(12)13/h1-2,9H,3,14H2,(H,15,16). The molecule has 0 saturated heterocycles. The van der Waals surface area contributed by atoms with Gasteiger partial charge in [-0.3, -0.25) is 4.79 Å². The fraction of sp³-hybridized carbons (Fsp3) is 0.222. The van der Waals surface area contributed by atoms with E-state index >= 15 is 0 Å². The highest BCUT2D eigenvalue weighted by Gasteiger charge is 2.14.